The lowest BCUT2D eigenvalue weighted by molar-refractivity contribution is -0.197. The molecule has 2 fully saturated rings. The zero-order valence-electron chi connectivity index (χ0n) is 17.2. The number of nitrogen functional groups attached to an aromatic ring is 1. The summed E-state index contributed by atoms with van der Waals surface area (Å²) in [5.74, 6) is -0.0148. The summed E-state index contributed by atoms with van der Waals surface area (Å²) in [7, 11) is 0. The van der Waals surface area contributed by atoms with Crippen molar-refractivity contribution >= 4 is 16.9 Å². The first kappa shape index (κ1) is 19.2. The van der Waals surface area contributed by atoms with E-state index in [1.54, 1.807) is 4.68 Å². The Hall–Kier alpha value is -2.75. The van der Waals surface area contributed by atoms with Crippen LogP contribution in [0.15, 0.2) is 36.7 Å². The van der Waals surface area contributed by atoms with E-state index in [0.717, 1.165) is 12.0 Å². The molecule has 0 saturated carbocycles. The van der Waals surface area contributed by atoms with E-state index < -0.39 is 12.0 Å². The second-order valence-corrected chi connectivity index (χ2v) is 8.02. The van der Waals surface area contributed by atoms with Gasteiger partial charge < -0.3 is 24.7 Å². The van der Waals surface area contributed by atoms with Crippen molar-refractivity contribution in [2.45, 2.75) is 64.1 Å². The summed E-state index contributed by atoms with van der Waals surface area (Å²) >= 11 is 0. The van der Waals surface area contributed by atoms with Gasteiger partial charge in [0.1, 0.15) is 36.3 Å². The lowest BCUT2D eigenvalue weighted by Crippen LogP contribution is -2.28. The van der Waals surface area contributed by atoms with Gasteiger partial charge in [-0.15, -0.1) is 5.10 Å². The highest BCUT2D eigenvalue weighted by atomic mass is 16.8. The molecule has 2 aliphatic rings. The minimum atomic E-state index is -0.686. The van der Waals surface area contributed by atoms with E-state index in [9.17, 15) is 0 Å². The van der Waals surface area contributed by atoms with Crippen molar-refractivity contribution in [3.05, 3.63) is 42.2 Å². The largest absolute Gasteiger partial charge is 0.471 e. The number of anilines is 1. The molecule has 4 atom stereocenters. The van der Waals surface area contributed by atoms with Crippen LogP contribution in [0.2, 0.25) is 0 Å². The molecule has 0 amide bonds. The highest BCUT2D eigenvalue weighted by molar-refractivity contribution is 5.90. The highest BCUT2D eigenvalue weighted by Crippen LogP contribution is 2.45. The molecule has 0 aliphatic carbocycles. The molecule has 9 heteroatoms. The maximum Gasteiger partial charge on any atom is 0.246 e. The molecular formula is C21H25N5O4. The summed E-state index contributed by atoms with van der Waals surface area (Å²) in [4.78, 5) is 8.54. The van der Waals surface area contributed by atoms with Crippen molar-refractivity contribution in [1.29, 1.82) is 0 Å². The molecule has 0 spiro atoms. The van der Waals surface area contributed by atoms with Gasteiger partial charge in [0.05, 0.1) is 6.10 Å². The van der Waals surface area contributed by atoms with Crippen LogP contribution in [-0.2, 0) is 20.8 Å². The standard InChI is InChI=1S/C21H25N5O4/c1-4-13-15-16(30-21(2,3)29-15)20(28-13)26-18-14(17(22)23-11-24-18)19(25-26)27-10-12-8-6-5-7-9-12/h5-9,11,13,15-16,20H,4,10H2,1-3H3,(H2,22,23,24)/t13-,15-,16-,20-/m1/s1. The molecule has 2 aromatic heterocycles. The van der Waals surface area contributed by atoms with Crippen LogP contribution in [-0.4, -0.2) is 43.8 Å². The molecule has 3 aromatic rings. The monoisotopic (exact) mass is 411 g/mol. The molecule has 0 bridgehead atoms. The lowest BCUT2D eigenvalue weighted by Gasteiger charge is -2.23. The first-order valence-electron chi connectivity index (χ1n) is 10.1. The maximum atomic E-state index is 6.27. The van der Waals surface area contributed by atoms with Crippen molar-refractivity contribution in [1.82, 2.24) is 19.7 Å². The molecule has 4 heterocycles. The smallest absolute Gasteiger partial charge is 0.246 e. The number of nitrogens with zero attached hydrogens (tertiary/aromatic N) is 4. The molecule has 2 aliphatic heterocycles. The molecule has 2 saturated heterocycles. The second kappa shape index (κ2) is 7.19. The summed E-state index contributed by atoms with van der Waals surface area (Å²) in [6.07, 6.45) is 1.11. The lowest BCUT2D eigenvalue weighted by atomic mass is 10.1. The molecule has 158 valence electrons. The van der Waals surface area contributed by atoms with Crippen LogP contribution in [0.4, 0.5) is 5.82 Å². The maximum absolute atomic E-state index is 6.27. The van der Waals surface area contributed by atoms with Crippen LogP contribution >= 0.6 is 0 Å². The number of nitrogens with two attached hydrogens (primary N) is 1. The zero-order chi connectivity index (χ0) is 20.9. The minimum absolute atomic E-state index is 0.103. The summed E-state index contributed by atoms with van der Waals surface area (Å²) in [5.41, 5.74) is 7.72. The van der Waals surface area contributed by atoms with E-state index in [-0.39, 0.29) is 18.3 Å². The fourth-order valence-electron chi connectivity index (χ4n) is 4.15. The van der Waals surface area contributed by atoms with E-state index >= 15 is 0 Å². The van der Waals surface area contributed by atoms with Crippen LogP contribution in [0.3, 0.4) is 0 Å². The Kier molecular flexibility index (Phi) is 4.61. The van der Waals surface area contributed by atoms with Gasteiger partial charge in [0.25, 0.3) is 0 Å². The first-order valence-corrected chi connectivity index (χ1v) is 10.1. The van der Waals surface area contributed by atoms with Gasteiger partial charge in [0, 0.05) is 0 Å². The molecular weight excluding hydrogens is 386 g/mol. The van der Waals surface area contributed by atoms with E-state index in [0.29, 0.717) is 29.3 Å². The predicted octanol–water partition coefficient (Wildman–Crippen LogP) is 2.82. The van der Waals surface area contributed by atoms with Gasteiger partial charge in [-0.2, -0.15) is 0 Å². The van der Waals surface area contributed by atoms with Crippen molar-refractivity contribution < 1.29 is 18.9 Å². The summed E-state index contributed by atoms with van der Waals surface area (Å²) in [6.45, 7) is 6.23. The SMILES string of the molecule is CC[C@H]1O[C@@H](n2nc(OCc3ccccc3)c3c(N)ncnc32)[C@@H]2OC(C)(C)O[C@@H]21. The third-order valence-corrected chi connectivity index (χ3v) is 5.47. The Morgan fingerprint density at radius 3 is 2.67 bits per heavy atom. The third-order valence-electron chi connectivity index (χ3n) is 5.47. The number of hydrogen-bond donors (Lipinski definition) is 1. The first-order chi connectivity index (χ1) is 14.5. The van der Waals surface area contributed by atoms with Crippen molar-refractivity contribution in [3.63, 3.8) is 0 Å². The molecule has 2 N–H and O–H groups in total. The highest BCUT2D eigenvalue weighted by Gasteiger charge is 2.56. The quantitative estimate of drug-likeness (QED) is 0.683. The van der Waals surface area contributed by atoms with Gasteiger partial charge in [-0.05, 0) is 25.8 Å². The molecule has 1 aromatic carbocycles. The Morgan fingerprint density at radius 1 is 1.13 bits per heavy atom. The minimum Gasteiger partial charge on any atom is -0.471 e. The van der Waals surface area contributed by atoms with Gasteiger partial charge in [0.15, 0.2) is 17.7 Å². The van der Waals surface area contributed by atoms with Crippen LogP contribution in [0.1, 0.15) is 39.0 Å². The summed E-state index contributed by atoms with van der Waals surface area (Å²) in [6, 6.07) is 9.86. The Balaban J connectivity index is 1.53. The Bertz CT molecular complexity index is 1050. The molecule has 0 unspecified atom stereocenters. The number of fused-ring (bicyclic) bond motifs is 2. The average molecular weight is 411 g/mol. The zero-order valence-corrected chi connectivity index (χ0v) is 17.2. The summed E-state index contributed by atoms with van der Waals surface area (Å²) < 4.78 is 26.2. The van der Waals surface area contributed by atoms with E-state index in [2.05, 4.69) is 22.0 Å². The Labute approximate surface area is 174 Å². The normalized spacial score (nSPS) is 27.4. The van der Waals surface area contributed by atoms with E-state index in [4.69, 9.17) is 24.7 Å². The van der Waals surface area contributed by atoms with Gasteiger partial charge in [-0.25, -0.2) is 14.6 Å². The van der Waals surface area contributed by atoms with Crippen molar-refractivity contribution in [3.8, 4) is 5.88 Å². The molecule has 30 heavy (non-hydrogen) atoms. The number of rotatable bonds is 5. The van der Waals surface area contributed by atoms with E-state index in [1.807, 2.05) is 44.2 Å². The number of benzene rings is 1. The van der Waals surface area contributed by atoms with Gasteiger partial charge >= 0.3 is 0 Å². The fourth-order valence-corrected chi connectivity index (χ4v) is 4.15. The average Bonchev–Trinajstić information content (AvgIpc) is 3.36. The van der Waals surface area contributed by atoms with E-state index in [1.165, 1.54) is 6.33 Å². The van der Waals surface area contributed by atoms with Crippen LogP contribution in [0.5, 0.6) is 5.88 Å². The summed E-state index contributed by atoms with van der Waals surface area (Å²) in [5, 5.41) is 5.24. The molecule has 5 rings (SSSR count). The number of ether oxygens (including phenoxy) is 4. The van der Waals surface area contributed by atoms with Crippen LogP contribution < -0.4 is 10.5 Å². The van der Waals surface area contributed by atoms with Crippen LogP contribution in [0.25, 0.3) is 11.0 Å². The topological polar surface area (TPSA) is 107 Å². The molecule has 0 radical (unpaired) electrons. The van der Waals surface area contributed by atoms with Gasteiger partial charge in [-0.3, -0.25) is 0 Å². The molecule has 9 nitrogen and oxygen atoms in total. The van der Waals surface area contributed by atoms with Crippen molar-refractivity contribution in [2.24, 2.45) is 0 Å². The van der Waals surface area contributed by atoms with Gasteiger partial charge in [-0.1, -0.05) is 37.3 Å². The predicted molar refractivity (Wildman–Crippen MR) is 109 cm³/mol. The Morgan fingerprint density at radius 2 is 1.90 bits per heavy atom. The number of aromatic nitrogens is 4. The van der Waals surface area contributed by atoms with Crippen LogP contribution in [0, 0.1) is 0 Å². The van der Waals surface area contributed by atoms with Crippen molar-refractivity contribution in [2.75, 3.05) is 5.73 Å². The third kappa shape index (κ3) is 3.19. The van der Waals surface area contributed by atoms with Gasteiger partial charge in [0.2, 0.25) is 5.88 Å². The second-order valence-electron chi connectivity index (χ2n) is 8.02. The number of hydrogen-bond acceptors (Lipinski definition) is 8. The fraction of sp³-hybridized carbons (Fsp3) is 0.476.